The molecule has 0 radical (unpaired) electrons. The molecule has 5 rings (SSSR count). The third kappa shape index (κ3) is 7.42. The second-order valence-corrected chi connectivity index (χ2v) is 14.5. The average molecular weight is 623 g/mol. The minimum absolute atomic E-state index is 0.0414. The normalized spacial score (nSPS) is 28.7. The summed E-state index contributed by atoms with van der Waals surface area (Å²) >= 11 is 0. The minimum Gasteiger partial charge on any atom is -0.762 e. The zero-order valence-electron chi connectivity index (χ0n) is 28.0. The predicted molar refractivity (Wildman–Crippen MR) is 175 cm³/mol. The van der Waals surface area contributed by atoms with E-state index in [0.717, 1.165) is 31.2 Å². The molecule has 0 amide bonds. The fraction of sp³-hybridized carbons (Fsp3) is 0.622. The van der Waals surface area contributed by atoms with E-state index in [2.05, 4.69) is 64.6 Å². The Balaban J connectivity index is 1.44. The smallest absolute Gasteiger partial charge is 0.187 e. The van der Waals surface area contributed by atoms with Crippen LogP contribution in [0.4, 0.5) is 0 Å². The molecule has 248 valence electrons. The summed E-state index contributed by atoms with van der Waals surface area (Å²) in [5, 5.41) is 14.1. The summed E-state index contributed by atoms with van der Waals surface area (Å²) in [5.41, 5.74) is 1.43. The maximum absolute atomic E-state index is 13.4. The van der Waals surface area contributed by atoms with Crippen LogP contribution in [-0.4, -0.2) is 57.4 Å². The van der Waals surface area contributed by atoms with Crippen LogP contribution >= 0.6 is 0 Å². The Morgan fingerprint density at radius 2 is 1.67 bits per heavy atom. The Bertz CT molecular complexity index is 1270. The molecule has 8 nitrogen and oxygen atoms in total. The fourth-order valence-electron chi connectivity index (χ4n) is 7.47. The molecule has 3 fully saturated rings. The standard InChI is InChI=1S/C37H52NO7/c1-8-37(42-25-34(2,3)26-43-37)21-20-36(28-18-19-31(40-6)32(22-28)41-7)23-33(45-38(39)24-36)44-30-17-13-12-16-29(30)35(4,5)27-14-10-9-11-15-27/h8-11,14-15,18-19,22,29-30,33H,1,12-13,16-17,20-21,23-26H2,2-7H3/q-1. The van der Waals surface area contributed by atoms with Crippen molar-refractivity contribution >= 4 is 0 Å². The first-order chi connectivity index (χ1) is 21.4. The highest BCUT2D eigenvalue weighted by atomic mass is 16.9. The van der Waals surface area contributed by atoms with Crippen LogP contribution in [0.15, 0.2) is 61.2 Å². The zero-order valence-corrected chi connectivity index (χ0v) is 28.0. The van der Waals surface area contributed by atoms with Crippen molar-refractivity contribution in [3.8, 4) is 11.5 Å². The van der Waals surface area contributed by atoms with Gasteiger partial charge in [-0.25, -0.2) is 0 Å². The lowest BCUT2D eigenvalue weighted by atomic mass is 9.66. The number of hydrogen-bond acceptors (Lipinski definition) is 8. The summed E-state index contributed by atoms with van der Waals surface area (Å²) in [6.07, 6.45) is 6.85. The van der Waals surface area contributed by atoms with Crippen LogP contribution in [-0.2, 0) is 29.9 Å². The van der Waals surface area contributed by atoms with E-state index in [1.807, 2.05) is 18.2 Å². The topological polar surface area (TPSA) is 81.7 Å². The molecule has 45 heavy (non-hydrogen) atoms. The third-order valence-electron chi connectivity index (χ3n) is 10.4. The fourth-order valence-corrected chi connectivity index (χ4v) is 7.47. The van der Waals surface area contributed by atoms with Crippen LogP contribution in [0.2, 0.25) is 0 Å². The van der Waals surface area contributed by atoms with Crippen LogP contribution < -0.4 is 9.47 Å². The number of benzene rings is 2. The van der Waals surface area contributed by atoms with Crippen molar-refractivity contribution in [3.05, 3.63) is 77.5 Å². The molecule has 3 aliphatic rings. The van der Waals surface area contributed by atoms with E-state index in [1.165, 1.54) is 5.56 Å². The number of ether oxygens (including phenoxy) is 5. The number of nitrogens with zero attached hydrogens (tertiary/aromatic N) is 1. The van der Waals surface area contributed by atoms with Gasteiger partial charge in [-0.15, -0.1) is 0 Å². The van der Waals surface area contributed by atoms with Gasteiger partial charge in [-0.1, -0.05) is 83.5 Å². The van der Waals surface area contributed by atoms with Gasteiger partial charge in [0.15, 0.2) is 23.6 Å². The van der Waals surface area contributed by atoms with Crippen LogP contribution in [0.25, 0.3) is 0 Å². The lowest BCUT2D eigenvalue weighted by Crippen LogP contribution is -2.53. The SMILES string of the molecule is C=CC1(CCC2(c3ccc(OC)c(OC)c3)CC(OC3CCCCC3C(C)(C)c3ccccc3)ON([O-])C2)OCC(C)(C)CO1. The lowest BCUT2D eigenvalue weighted by Gasteiger charge is -2.51. The highest BCUT2D eigenvalue weighted by molar-refractivity contribution is 5.45. The van der Waals surface area contributed by atoms with E-state index >= 15 is 0 Å². The third-order valence-corrected chi connectivity index (χ3v) is 10.4. The lowest BCUT2D eigenvalue weighted by molar-refractivity contribution is -0.319. The number of rotatable bonds is 11. The van der Waals surface area contributed by atoms with Gasteiger partial charge in [0.2, 0.25) is 0 Å². The molecule has 0 aromatic heterocycles. The molecule has 4 unspecified atom stereocenters. The average Bonchev–Trinajstić information content (AvgIpc) is 3.04. The summed E-state index contributed by atoms with van der Waals surface area (Å²) in [4.78, 5) is 5.92. The van der Waals surface area contributed by atoms with Crippen molar-refractivity contribution in [2.45, 2.75) is 102 Å². The van der Waals surface area contributed by atoms with Crippen molar-refractivity contribution in [1.29, 1.82) is 0 Å². The van der Waals surface area contributed by atoms with Crippen molar-refractivity contribution in [2.24, 2.45) is 11.3 Å². The largest absolute Gasteiger partial charge is 0.762 e. The van der Waals surface area contributed by atoms with Crippen LogP contribution in [0.5, 0.6) is 11.5 Å². The van der Waals surface area contributed by atoms with E-state index in [1.54, 1.807) is 20.3 Å². The Hall–Kier alpha value is -2.46. The Labute approximate surface area is 269 Å². The molecule has 2 heterocycles. The highest BCUT2D eigenvalue weighted by Gasteiger charge is 2.47. The van der Waals surface area contributed by atoms with Gasteiger partial charge in [0.05, 0.1) is 33.5 Å². The summed E-state index contributed by atoms with van der Waals surface area (Å²) in [6.45, 7) is 14.2. The van der Waals surface area contributed by atoms with Gasteiger partial charge in [-0.3, -0.25) is 10.1 Å². The second kappa shape index (κ2) is 13.7. The molecule has 1 aliphatic carbocycles. The van der Waals surface area contributed by atoms with Gasteiger partial charge in [0.1, 0.15) is 0 Å². The first kappa shape index (κ1) is 33.9. The second-order valence-electron chi connectivity index (χ2n) is 14.5. The number of hydroxylamine groups is 2. The van der Waals surface area contributed by atoms with Gasteiger partial charge in [-0.05, 0) is 59.9 Å². The van der Waals surface area contributed by atoms with Gasteiger partial charge in [0, 0.05) is 30.2 Å². The maximum atomic E-state index is 13.4. The highest BCUT2D eigenvalue weighted by Crippen LogP contribution is 2.47. The maximum Gasteiger partial charge on any atom is 0.187 e. The molecular weight excluding hydrogens is 570 g/mol. The van der Waals surface area contributed by atoms with Crippen LogP contribution in [0.3, 0.4) is 0 Å². The predicted octanol–water partition coefficient (Wildman–Crippen LogP) is 7.69. The number of hydrogen-bond donors (Lipinski definition) is 0. The van der Waals surface area contributed by atoms with Gasteiger partial charge in [-0.2, -0.15) is 0 Å². The van der Waals surface area contributed by atoms with E-state index in [-0.39, 0.29) is 29.4 Å². The van der Waals surface area contributed by atoms with Gasteiger partial charge >= 0.3 is 0 Å². The van der Waals surface area contributed by atoms with Gasteiger partial charge in [0.25, 0.3) is 0 Å². The summed E-state index contributed by atoms with van der Waals surface area (Å²) in [6, 6.07) is 16.6. The molecule has 0 spiro atoms. The molecule has 4 atom stereocenters. The van der Waals surface area contributed by atoms with Gasteiger partial charge < -0.3 is 28.9 Å². The van der Waals surface area contributed by atoms with Crippen LogP contribution in [0.1, 0.15) is 83.8 Å². The summed E-state index contributed by atoms with van der Waals surface area (Å²) in [7, 11) is 3.25. The Kier molecular flexibility index (Phi) is 10.3. The first-order valence-corrected chi connectivity index (χ1v) is 16.4. The Morgan fingerprint density at radius 3 is 2.33 bits per heavy atom. The molecule has 2 saturated heterocycles. The van der Waals surface area contributed by atoms with E-state index in [9.17, 15) is 5.21 Å². The monoisotopic (exact) mass is 622 g/mol. The van der Waals surface area contributed by atoms with E-state index in [4.69, 9.17) is 28.5 Å². The van der Waals surface area contributed by atoms with E-state index < -0.39 is 17.5 Å². The molecule has 0 N–H and O–H groups in total. The molecule has 2 aliphatic heterocycles. The minimum atomic E-state index is -0.935. The number of methoxy groups -OCH3 is 2. The molecular formula is C37H52NO7-. The van der Waals surface area contributed by atoms with Crippen molar-refractivity contribution < 1.29 is 28.5 Å². The first-order valence-electron chi connectivity index (χ1n) is 16.4. The zero-order chi connectivity index (χ0) is 32.3. The molecule has 0 bridgehead atoms. The molecule has 8 heteroatoms. The molecule has 2 aromatic carbocycles. The Morgan fingerprint density at radius 1 is 0.978 bits per heavy atom. The van der Waals surface area contributed by atoms with Crippen molar-refractivity contribution in [3.63, 3.8) is 0 Å². The van der Waals surface area contributed by atoms with Crippen molar-refractivity contribution in [1.82, 2.24) is 5.23 Å². The van der Waals surface area contributed by atoms with Crippen molar-refractivity contribution in [2.75, 3.05) is 34.0 Å². The summed E-state index contributed by atoms with van der Waals surface area (Å²) < 4.78 is 30.7. The van der Waals surface area contributed by atoms with E-state index in [0.29, 0.717) is 49.2 Å². The van der Waals surface area contributed by atoms with Crippen LogP contribution in [0, 0.1) is 16.5 Å². The molecule has 2 aromatic rings. The molecule has 1 saturated carbocycles. The summed E-state index contributed by atoms with van der Waals surface area (Å²) in [5.74, 6) is 0.590. The quantitative estimate of drug-likeness (QED) is 0.236.